The Hall–Kier alpha value is -1.58. The van der Waals surface area contributed by atoms with E-state index in [2.05, 4.69) is 59.0 Å². The van der Waals surface area contributed by atoms with Crippen molar-refractivity contribution in [3.63, 3.8) is 0 Å². The molecule has 116 valence electrons. The summed E-state index contributed by atoms with van der Waals surface area (Å²) >= 11 is 0. The molecule has 0 unspecified atom stereocenters. The van der Waals surface area contributed by atoms with Gasteiger partial charge in [0.1, 0.15) is 5.60 Å². The summed E-state index contributed by atoms with van der Waals surface area (Å²) in [4.78, 5) is 2.57. The molecule has 0 radical (unpaired) electrons. The quantitative estimate of drug-likeness (QED) is 0.840. The number of para-hydroxylation sites is 1. The average Bonchev–Trinajstić information content (AvgIpc) is 3.01. The molecule has 2 aliphatic heterocycles. The van der Waals surface area contributed by atoms with E-state index >= 15 is 0 Å². The highest BCUT2D eigenvalue weighted by Gasteiger charge is 2.35. The Labute approximate surface area is 132 Å². The second kappa shape index (κ2) is 5.56. The number of ether oxygens (including phenoxy) is 1. The van der Waals surface area contributed by atoms with Crippen molar-refractivity contribution in [3.05, 3.63) is 53.9 Å². The predicted molar refractivity (Wildman–Crippen MR) is 88.2 cm³/mol. The van der Waals surface area contributed by atoms with Crippen LogP contribution in [0.1, 0.15) is 37.4 Å². The van der Waals surface area contributed by atoms with Crippen LogP contribution in [0.3, 0.4) is 0 Å². The molecule has 1 atom stereocenters. The number of fused-ring (bicyclic) bond motifs is 3. The summed E-state index contributed by atoms with van der Waals surface area (Å²) < 4.78 is 8.75. The second-order valence-electron chi connectivity index (χ2n) is 6.75. The zero-order chi connectivity index (χ0) is 15.0. The fourth-order valence-electron chi connectivity index (χ4n) is 3.87. The lowest BCUT2D eigenvalue weighted by atomic mass is 9.99. The number of likely N-dealkylation sites (tertiary alicyclic amines) is 1. The summed E-state index contributed by atoms with van der Waals surface area (Å²) in [5.74, 6) is 0. The van der Waals surface area contributed by atoms with Gasteiger partial charge in [0, 0.05) is 18.3 Å². The minimum Gasteiger partial charge on any atom is -0.363 e. The van der Waals surface area contributed by atoms with Crippen LogP contribution in [-0.2, 0) is 16.9 Å². The highest BCUT2D eigenvalue weighted by molar-refractivity contribution is 5.45. The van der Waals surface area contributed by atoms with Gasteiger partial charge in [-0.3, -0.25) is 0 Å². The first kappa shape index (κ1) is 14.0. The van der Waals surface area contributed by atoms with Gasteiger partial charge in [-0.1, -0.05) is 24.6 Å². The van der Waals surface area contributed by atoms with Gasteiger partial charge >= 0.3 is 0 Å². The molecule has 2 aromatic rings. The lowest BCUT2D eigenvalue weighted by Gasteiger charge is -2.36. The summed E-state index contributed by atoms with van der Waals surface area (Å²) in [6, 6.07) is 12.9. The maximum absolute atomic E-state index is 6.44. The van der Waals surface area contributed by atoms with Crippen molar-refractivity contribution in [3.8, 4) is 5.69 Å². The van der Waals surface area contributed by atoms with E-state index in [0.717, 1.165) is 6.54 Å². The molecule has 1 fully saturated rings. The maximum Gasteiger partial charge on any atom is 0.119 e. The smallest absolute Gasteiger partial charge is 0.119 e. The van der Waals surface area contributed by atoms with Gasteiger partial charge < -0.3 is 14.2 Å². The highest BCUT2D eigenvalue weighted by Crippen LogP contribution is 2.35. The standard InChI is InChI=1S/C19H24N2O/c1-19(15-20-11-5-2-6-12-20)18-10-7-13-21(18)17-9-4-3-8-16(17)14-22-19/h3-4,7-10,13H,2,5-6,11-12,14-15H2,1H3/t19-/m1/s1. The Bertz CT molecular complexity index is 657. The number of aromatic nitrogens is 1. The molecule has 3 nitrogen and oxygen atoms in total. The van der Waals surface area contributed by atoms with Crippen molar-refractivity contribution in [2.24, 2.45) is 0 Å². The number of rotatable bonds is 2. The number of hydrogen-bond acceptors (Lipinski definition) is 2. The fraction of sp³-hybridized carbons (Fsp3) is 0.474. The zero-order valence-electron chi connectivity index (χ0n) is 13.3. The largest absolute Gasteiger partial charge is 0.363 e. The van der Waals surface area contributed by atoms with Crippen LogP contribution >= 0.6 is 0 Å². The van der Waals surface area contributed by atoms with Crippen molar-refractivity contribution in [2.45, 2.75) is 38.4 Å². The molecule has 1 aromatic carbocycles. The van der Waals surface area contributed by atoms with Crippen LogP contribution in [0.15, 0.2) is 42.6 Å². The van der Waals surface area contributed by atoms with Crippen LogP contribution in [0, 0.1) is 0 Å². The summed E-state index contributed by atoms with van der Waals surface area (Å²) in [7, 11) is 0. The normalized spacial score (nSPS) is 25.3. The first-order valence-corrected chi connectivity index (χ1v) is 8.39. The van der Waals surface area contributed by atoms with Crippen molar-refractivity contribution >= 4 is 0 Å². The Balaban J connectivity index is 1.70. The van der Waals surface area contributed by atoms with E-state index in [9.17, 15) is 0 Å². The highest BCUT2D eigenvalue weighted by atomic mass is 16.5. The van der Waals surface area contributed by atoms with E-state index < -0.39 is 0 Å². The van der Waals surface area contributed by atoms with E-state index in [-0.39, 0.29) is 5.60 Å². The Morgan fingerprint density at radius 1 is 1.05 bits per heavy atom. The Morgan fingerprint density at radius 2 is 1.86 bits per heavy atom. The Morgan fingerprint density at radius 3 is 2.73 bits per heavy atom. The molecule has 0 N–H and O–H groups in total. The molecule has 1 aromatic heterocycles. The molecule has 3 heterocycles. The first-order valence-electron chi connectivity index (χ1n) is 8.39. The van der Waals surface area contributed by atoms with Gasteiger partial charge in [0.2, 0.25) is 0 Å². The summed E-state index contributed by atoms with van der Waals surface area (Å²) in [6.45, 7) is 6.31. The minimum absolute atomic E-state index is 0.250. The number of piperidine rings is 1. The fourth-order valence-corrected chi connectivity index (χ4v) is 3.87. The van der Waals surface area contributed by atoms with Crippen LogP contribution in [0.5, 0.6) is 0 Å². The van der Waals surface area contributed by atoms with E-state index in [1.807, 2.05) is 0 Å². The van der Waals surface area contributed by atoms with E-state index in [1.54, 1.807) is 0 Å². The average molecular weight is 296 g/mol. The van der Waals surface area contributed by atoms with Gasteiger partial charge in [-0.2, -0.15) is 0 Å². The van der Waals surface area contributed by atoms with Crippen LogP contribution in [0.25, 0.3) is 5.69 Å². The molecule has 0 amide bonds. The van der Waals surface area contributed by atoms with Crippen LogP contribution in [0.2, 0.25) is 0 Å². The molecule has 0 saturated carbocycles. The van der Waals surface area contributed by atoms with E-state index in [4.69, 9.17) is 4.74 Å². The third kappa shape index (κ3) is 2.38. The lowest BCUT2D eigenvalue weighted by molar-refractivity contribution is -0.0720. The molecule has 0 spiro atoms. The van der Waals surface area contributed by atoms with Crippen molar-refractivity contribution < 1.29 is 4.74 Å². The molecular weight excluding hydrogens is 272 g/mol. The van der Waals surface area contributed by atoms with Gasteiger partial charge in [-0.15, -0.1) is 0 Å². The third-order valence-electron chi connectivity index (χ3n) is 5.06. The molecule has 3 heteroatoms. The Kier molecular flexibility index (Phi) is 3.55. The van der Waals surface area contributed by atoms with Crippen LogP contribution in [0.4, 0.5) is 0 Å². The molecule has 0 bridgehead atoms. The van der Waals surface area contributed by atoms with Gasteiger partial charge in [0.25, 0.3) is 0 Å². The zero-order valence-corrected chi connectivity index (χ0v) is 13.3. The topological polar surface area (TPSA) is 17.4 Å². The predicted octanol–water partition coefficient (Wildman–Crippen LogP) is 3.71. The number of nitrogens with zero attached hydrogens (tertiary/aromatic N) is 2. The first-order chi connectivity index (χ1) is 10.8. The van der Waals surface area contributed by atoms with Crippen molar-refractivity contribution in [1.29, 1.82) is 0 Å². The molecule has 4 rings (SSSR count). The van der Waals surface area contributed by atoms with Gasteiger partial charge in [-0.25, -0.2) is 0 Å². The molecular formula is C19H24N2O. The minimum atomic E-state index is -0.250. The van der Waals surface area contributed by atoms with Crippen molar-refractivity contribution in [2.75, 3.05) is 19.6 Å². The summed E-state index contributed by atoms with van der Waals surface area (Å²) in [6.07, 6.45) is 6.17. The molecule has 1 saturated heterocycles. The summed E-state index contributed by atoms with van der Waals surface area (Å²) in [5, 5.41) is 0. The second-order valence-corrected chi connectivity index (χ2v) is 6.75. The van der Waals surface area contributed by atoms with E-state index in [0.29, 0.717) is 6.61 Å². The van der Waals surface area contributed by atoms with Crippen LogP contribution in [-0.4, -0.2) is 29.1 Å². The lowest BCUT2D eigenvalue weighted by Crippen LogP contribution is -2.43. The molecule has 2 aliphatic rings. The van der Waals surface area contributed by atoms with Crippen molar-refractivity contribution in [1.82, 2.24) is 9.47 Å². The number of hydrogen-bond donors (Lipinski definition) is 0. The SMILES string of the molecule is C[C@]1(CN2CCCCC2)OCc2ccccc2-n2cccc21. The van der Waals surface area contributed by atoms with Gasteiger partial charge in [0.15, 0.2) is 0 Å². The maximum atomic E-state index is 6.44. The van der Waals surface area contributed by atoms with E-state index in [1.165, 1.54) is 49.3 Å². The number of benzene rings is 1. The van der Waals surface area contributed by atoms with Gasteiger partial charge in [0.05, 0.1) is 18.0 Å². The molecule has 22 heavy (non-hydrogen) atoms. The van der Waals surface area contributed by atoms with Gasteiger partial charge in [-0.05, 0) is 51.1 Å². The summed E-state index contributed by atoms with van der Waals surface area (Å²) in [5.41, 5.74) is 3.54. The third-order valence-corrected chi connectivity index (χ3v) is 5.06. The molecule has 0 aliphatic carbocycles. The van der Waals surface area contributed by atoms with Crippen LogP contribution < -0.4 is 0 Å². The monoisotopic (exact) mass is 296 g/mol.